The number of hydrogen-bond donors (Lipinski definition) is 0. The summed E-state index contributed by atoms with van der Waals surface area (Å²) in [7, 11) is -1.60. The molecule has 4 heteroatoms. The molecule has 0 rings (SSSR count). The normalized spacial score (nSPS) is 12.4. The molecule has 0 atom stereocenters. The third kappa shape index (κ3) is 5.43. The first kappa shape index (κ1) is 16.1. The third-order valence-corrected chi connectivity index (χ3v) is 7.79. The van der Waals surface area contributed by atoms with Crippen LogP contribution in [-0.4, -0.2) is 46.6 Å². The maximum absolute atomic E-state index is 5.66. The monoisotopic (exact) mass is 248 g/mol. The maximum Gasteiger partial charge on any atom is 0.143 e. The van der Waals surface area contributed by atoms with Crippen LogP contribution in [-0.2, 0) is 14.2 Å². The summed E-state index contributed by atoms with van der Waals surface area (Å²) >= 11 is 0. The lowest BCUT2D eigenvalue weighted by Gasteiger charge is -2.34. The first-order valence-corrected chi connectivity index (χ1v) is 9.06. The zero-order chi connectivity index (χ0) is 12.4. The second kappa shape index (κ2) is 9.16. The molecule has 0 unspecified atom stereocenters. The predicted octanol–water partition coefficient (Wildman–Crippen LogP) is 2.57. The Hall–Kier alpha value is 0.0969. The van der Waals surface area contributed by atoms with Crippen LogP contribution in [0.4, 0.5) is 0 Å². The molecule has 0 fully saturated rings. The lowest BCUT2D eigenvalue weighted by Crippen LogP contribution is -2.53. The molecule has 0 aliphatic heterocycles. The summed E-state index contributed by atoms with van der Waals surface area (Å²) in [5.41, 5.74) is 0.622. The molecule has 0 bridgehead atoms. The highest BCUT2D eigenvalue weighted by Gasteiger charge is 2.38. The van der Waals surface area contributed by atoms with Gasteiger partial charge in [-0.1, -0.05) is 13.8 Å². The van der Waals surface area contributed by atoms with Gasteiger partial charge in [0, 0.05) is 38.5 Å². The fraction of sp³-hybridized carbons (Fsp3) is 1.00. The van der Waals surface area contributed by atoms with E-state index < -0.39 is 8.07 Å². The van der Waals surface area contributed by atoms with E-state index in [0.29, 0.717) is 5.54 Å². The molecule has 0 aromatic rings. The first-order valence-electron chi connectivity index (χ1n) is 6.36. The van der Waals surface area contributed by atoms with E-state index in [9.17, 15) is 0 Å². The Bertz CT molecular complexity index is 141. The topological polar surface area (TPSA) is 27.7 Å². The minimum atomic E-state index is -1.60. The van der Waals surface area contributed by atoms with Crippen molar-refractivity contribution < 1.29 is 14.2 Å². The summed E-state index contributed by atoms with van der Waals surface area (Å²) in [4.78, 5) is 0. The van der Waals surface area contributed by atoms with Gasteiger partial charge in [0.2, 0.25) is 0 Å². The molecule has 0 saturated heterocycles. The Morgan fingerprint density at radius 2 is 1.06 bits per heavy atom. The van der Waals surface area contributed by atoms with E-state index in [1.54, 1.807) is 0 Å². The van der Waals surface area contributed by atoms with Crippen LogP contribution >= 0.6 is 0 Å². The maximum atomic E-state index is 5.66. The molecule has 0 aromatic heterocycles. The average molecular weight is 248 g/mol. The highest BCUT2D eigenvalue weighted by molar-refractivity contribution is 6.81. The minimum absolute atomic E-state index is 0.622. The van der Waals surface area contributed by atoms with Crippen molar-refractivity contribution in [1.29, 1.82) is 0 Å². The fourth-order valence-electron chi connectivity index (χ4n) is 1.54. The molecule has 16 heavy (non-hydrogen) atoms. The van der Waals surface area contributed by atoms with E-state index in [1.165, 1.54) is 0 Å². The van der Waals surface area contributed by atoms with Crippen LogP contribution < -0.4 is 0 Å². The van der Waals surface area contributed by atoms with E-state index in [4.69, 9.17) is 14.2 Å². The van der Waals surface area contributed by atoms with Crippen LogP contribution in [0.15, 0.2) is 0 Å². The molecule has 0 amide bonds. The Labute approximate surface area is 101 Å². The SMILES string of the molecule is CCOC[Si](COCC)(COCC)C(C)C. The largest absolute Gasteiger partial charge is 0.385 e. The number of hydrogen-bond acceptors (Lipinski definition) is 3. The van der Waals surface area contributed by atoms with Crippen molar-refractivity contribution >= 4 is 8.07 Å². The van der Waals surface area contributed by atoms with E-state index in [1.807, 2.05) is 20.8 Å². The number of ether oxygens (including phenoxy) is 3. The molecule has 0 aliphatic carbocycles. The van der Waals surface area contributed by atoms with Gasteiger partial charge in [-0.25, -0.2) is 0 Å². The molecule has 0 aromatic carbocycles. The van der Waals surface area contributed by atoms with Crippen molar-refractivity contribution in [1.82, 2.24) is 0 Å². The number of rotatable bonds is 10. The predicted molar refractivity (Wildman–Crippen MR) is 70.3 cm³/mol. The summed E-state index contributed by atoms with van der Waals surface area (Å²) in [6, 6.07) is 0. The minimum Gasteiger partial charge on any atom is -0.385 e. The van der Waals surface area contributed by atoms with Crippen LogP contribution in [0.5, 0.6) is 0 Å². The highest BCUT2D eigenvalue weighted by atomic mass is 28.3. The Morgan fingerprint density at radius 1 is 0.750 bits per heavy atom. The average Bonchev–Trinajstić information content (AvgIpc) is 2.28. The zero-order valence-electron chi connectivity index (χ0n) is 11.5. The standard InChI is InChI=1S/C12H28O3Si/c1-6-13-9-16(12(4)5,10-14-7-2)11-15-8-3/h12H,6-11H2,1-5H3. The van der Waals surface area contributed by atoms with Crippen LogP contribution in [0.25, 0.3) is 0 Å². The van der Waals surface area contributed by atoms with E-state index in [0.717, 1.165) is 38.5 Å². The Morgan fingerprint density at radius 3 is 1.25 bits per heavy atom. The molecular formula is C12H28O3Si. The van der Waals surface area contributed by atoms with Crippen molar-refractivity contribution in [2.75, 3.05) is 38.5 Å². The lowest BCUT2D eigenvalue weighted by atomic mass is 10.6. The summed E-state index contributed by atoms with van der Waals surface area (Å²) in [5, 5.41) is 0. The first-order chi connectivity index (χ1) is 7.63. The van der Waals surface area contributed by atoms with E-state index in [2.05, 4.69) is 13.8 Å². The summed E-state index contributed by atoms with van der Waals surface area (Å²) in [5.74, 6) is 0. The lowest BCUT2D eigenvalue weighted by molar-refractivity contribution is 0.136. The Balaban J connectivity index is 4.46. The van der Waals surface area contributed by atoms with E-state index >= 15 is 0 Å². The molecular weight excluding hydrogens is 220 g/mol. The van der Waals surface area contributed by atoms with Gasteiger partial charge >= 0.3 is 0 Å². The van der Waals surface area contributed by atoms with Gasteiger partial charge < -0.3 is 14.2 Å². The van der Waals surface area contributed by atoms with Gasteiger partial charge in [0.15, 0.2) is 0 Å². The summed E-state index contributed by atoms with van der Waals surface area (Å²) in [6.07, 6.45) is 2.55. The van der Waals surface area contributed by atoms with E-state index in [-0.39, 0.29) is 0 Å². The van der Waals surface area contributed by atoms with Crippen LogP contribution in [0.3, 0.4) is 0 Å². The smallest absolute Gasteiger partial charge is 0.143 e. The Kier molecular flexibility index (Phi) is 9.22. The van der Waals surface area contributed by atoms with Crippen molar-refractivity contribution in [2.24, 2.45) is 0 Å². The van der Waals surface area contributed by atoms with Gasteiger partial charge in [0.1, 0.15) is 8.07 Å². The van der Waals surface area contributed by atoms with Crippen molar-refractivity contribution in [3.05, 3.63) is 0 Å². The molecule has 0 heterocycles. The van der Waals surface area contributed by atoms with Crippen LogP contribution in [0.2, 0.25) is 5.54 Å². The van der Waals surface area contributed by atoms with Gasteiger partial charge in [-0.15, -0.1) is 0 Å². The van der Waals surface area contributed by atoms with Crippen molar-refractivity contribution in [2.45, 2.75) is 40.2 Å². The molecule has 98 valence electrons. The quantitative estimate of drug-likeness (QED) is 0.556. The zero-order valence-corrected chi connectivity index (χ0v) is 12.5. The van der Waals surface area contributed by atoms with Gasteiger partial charge in [0.25, 0.3) is 0 Å². The van der Waals surface area contributed by atoms with Crippen LogP contribution in [0, 0.1) is 0 Å². The van der Waals surface area contributed by atoms with Gasteiger partial charge in [-0.2, -0.15) is 0 Å². The summed E-state index contributed by atoms with van der Waals surface area (Å²) in [6.45, 7) is 13.0. The molecule has 0 saturated carbocycles. The molecule has 3 nitrogen and oxygen atoms in total. The molecule has 0 spiro atoms. The second-order valence-electron chi connectivity index (χ2n) is 4.43. The second-order valence-corrected chi connectivity index (χ2v) is 9.17. The highest BCUT2D eigenvalue weighted by Crippen LogP contribution is 2.22. The molecule has 0 radical (unpaired) electrons. The third-order valence-electron chi connectivity index (χ3n) is 3.01. The molecule has 0 N–H and O–H groups in total. The van der Waals surface area contributed by atoms with Gasteiger partial charge in [-0.05, 0) is 26.3 Å². The van der Waals surface area contributed by atoms with Crippen molar-refractivity contribution in [3.8, 4) is 0 Å². The fourth-order valence-corrected chi connectivity index (χ4v) is 4.62. The van der Waals surface area contributed by atoms with Gasteiger partial charge in [0.05, 0.1) is 0 Å². The molecule has 0 aliphatic rings. The summed E-state index contributed by atoms with van der Waals surface area (Å²) < 4.78 is 17.0. The van der Waals surface area contributed by atoms with Gasteiger partial charge in [-0.3, -0.25) is 0 Å². The van der Waals surface area contributed by atoms with Crippen LogP contribution in [0.1, 0.15) is 34.6 Å². The van der Waals surface area contributed by atoms with Crippen molar-refractivity contribution in [3.63, 3.8) is 0 Å².